The number of aryl methyl sites for hydroxylation is 1. The van der Waals surface area contributed by atoms with Gasteiger partial charge in [-0.15, -0.1) is 10.2 Å². The molecule has 3 rings (SSSR count). The fourth-order valence-corrected chi connectivity index (χ4v) is 3.06. The highest BCUT2D eigenvalue weighted by Crippen LogP contribution is 2.27. The summed E-state index contributed by atoms with van der Waals surface area (Å²) < 4.78 is 1.57. The molecule has 26 heavy (non-hydrogen) atoms. The number of nitrogens with zero attached hydrogens (tertiary/aromatic N) is 4. The Labute approximate surface area is 154 Å². The Bertz CT molecular complexity index is 1000. The summed E-state index contributed by atoms with van der Waals surface area (Å²) in [4.78, 5) is 24.8. The first kappa shape index (κ1) is 17.9. The maximum Gasteiger partial charge on any atom is 0.282 e. The Morgan fingerprint density at radius 3 is 2.46 bits per heavy atom. The average Bonchev–Trinajstić information content (AvgIpc) is 3.04. The molecule has 1 amide bonds. The van der Waals surface area contributed by atoms with E-state index in [4.69, 9.17) is 0 Å². The van der Waals surface area contributed by atoms with Gasteiger partial charge in [-0.05, 0) is 19.1 Å². The molecular weight excluding hydrogens is 350 g/mol. The van der Waals surface area contributed by atoms with Gasteiger partial charge >= 0.3 is 0 Å². The molecule has 0 radical (unpaired) electrons. The maximum atomic E-state index is 12.5. The van der Waals surface area contributed by atoms with E-state index >= 15 is 0 Å². The second-order valence-electron chi connectivity index (χ2n) is 6.86. The highest BCUT2D eigenvalue weighted by atomic mass is 32.1. The van der Waals surface area contributed by atoms with Crippen molar-refractivity contribution in [1.29, 1.82) is 0 Å². The number of hydrogen-bond donors (Lipinski definition) is 1. The molecule has 134 valence electrons. The van der Waals surface area contributed by atoms with Crippen molar-refractivity contribution in [3.05, 3.63) is 63.0 Å². The van der Waals surface area contributed by atoms with Gasteiger partial charge in [-0.3, -0.25) is 14.9 Å². The van der Waals surface area contributed by atoms with E-state index in [0.29, 0.717) is 10.8 Å². The zero-order valence-corrected chi connectivity index (χ0v) is 15.8. The third-order valence-electron chi connectivity index (χ3n) is 3.61. The molecule has 2 aromatic heterocycles. The Morgan fingerprint density at radius 1 is 1.15 bits per heavy atom. The number of rotatable bonds is 3. The van der Waals surface area contributed by atoms with Crippen LogP contribution in [0, 0.1) is 6.92 Å². The first-order valence-electron chi connectivity index (χ1n) is 8.07. The van der Waals surface area contributed by atoms with Gasteiger partial charge in [0.2, 0.25) is 10.6 Å². The first-order chi connectivity index (χ1) is 12.3. The molecule has 0 bridgehead atoms. The number of carbonyl (C=O) groups excluding carboxylic acids is 1. The van der Waals surface area contributed by atoms with E-state index in [2.05, 4.69) is 20.6 Å². The molecule has 0 aliphatic rings. The van der Waals surface area contributed by atoms with E-state index in [9.17, 15) is 9.59 Å². The minimum atomic E-state index is -0.601. The summed E-state index contributed by atoms with van der Waals surface area (Å²) in [5.74, 6) is -0.601. The molecule has 1 aromatic carbocycles. The zero-order chi connectivity index (χ0) is 18.9. The Balaban J connectivity index is 1.92. The number of nitrogens with one attached hydrogen (secondary N) is 1. The summed E-state index contributed by atoms with van der Waals surface area (Å²) in [5, 5.41) is 16.1. The molecular formula is C18H19N5O2S. The molecule has 0 saturated heterocycles. The van der Waals surface area contributed by atoms with Gasteiger partial charge in [-0.25, -0.2) is 4.68 Å². The van der Waals surface area contributed by atoms with Crippen LogP contribution in [-0.2, 0) is 5.41 Å². The van der Waals surface area contributed by atoms with Gasteiger partial charge in [-0.2, -0.15) is 5.10 Å². The smallest absolute Gasteiger partial charge is 0.282 e. The number of para-hydroxylation sites is 1. The molecule has 3 aromatic rings. The lowest BCUT2D eigenvalue weighted by Crippen LogP contribution is -2.26. The van der Waals surface area contributed by atoms with Crippen LogP contribution in [0.4, 0.5) is 5.13 Å². The Morgan fingerprint density at radius 2 is 1.85 bits per heavy atom. The van der Waals surface area contributed by atoms with Crippen LogP contribution < -0.4 is 10.7 Å². The first-order valence-corrected chi connectivity index (χ1v) is 8.89. The molecule has 0 atom stereocenters. The van der Waals surface area contributed by atoms with Crippen LogP contribution in [0.25, 0.3) is 5.69 Å². The summed E-state index contributed by atoms with van der Waals surface area (Å²) in [6, 6.07) is 10.7. The van der Waals surface area contributed by atoms with Crippen molar-refractivity contribution in [2.45, 2.75) is 33.1 Å². The maximum absolute atomic E-state index is 12.5. The highest BCUT2D eigenvalue weighted by Gasteiger charge is 2.21. The predicted octanol–water partition coefficient (Wildman–Crippen LogP) is 2.94. The van der Waals surface area contributed by atoms with Crippen LogP contribution in [0.3, 0.4) is 0 Å². The molecule has 0 fully saturated rings. The van der Waals surface area contributed by atoms with E-state index in [-0.39, 0.29) is 11.1 Å². The molecule has 0 aliphatic carbocycles. The number of aromatic nitrogens is 4. The van der Waals surface area contributed by atoms with Gasteiger partial charge in [0.25, 0.3) is 5.91 Å². The summed E-state index contributed by atoms with van der Waals surface area (Å²) >= 11 is 1.28. The molecule has 0 unspecified atom stereocenters. The number of benzene rings is 1. The second-order valence-corrected chi connectivity index (χ2v) is 7.84. The van der Waals surface area contributed by atoms with E-state index in [1.54, 1.807) is 11.6 Å². The monoisotopic (exact) mass is 369 g/mol. The van der Waals surface area contributed by atoms with Crippen molar-refractivity contribution in [3.8, 4) is 5.69 Å². The molecule has 0 saturated carbocycles. The fourth-order valence-electron chi connectivity index (χ4n) is 2.27. The van der Waals surface area contributed by atoms with Crippen LogP contribution in [-0.4, -0.2) is 25.9 Å². The quantitative estimate of drug-likeness (QED) is 0.767. The van der Waals surface area contributed by atoms with Crippen molar-refractivity contribution in [3.63, 3.8) is 0 Å². The largest absolute Gasteiger partial charge is 0.295 e. The summed E-state index contributed by atoms with van der Waals surface area (Å²) in [7, 11) is 0. The van der Waals surface area contributed by atoms with E-state index < -0.39 is 11.3 Å². The van der Waals surface area contributed by atoms with E-state index in [1.807, 2.05) is 51.1 Å². The zero-order valence-electron chi connectivity index (χ0n) is 15.0. The average molecular weight is 369 g/mol. The molecule has 0 aliphatic heterocycles. The summed E-state index contributed by atoms with van der Waals surface area (Å²) in [6.07, 6.45) is 0. The SMILES string of the molecule is Cc1cc(=O)c(C(=O)Nc2nnc(C(C)(C)C)s2)nn1-c1ccccc1. The van der Waals surface area contributed by atoms with Crippen LogP contribution in [0.1, 0.15) is 42.0 Å². The van der Waals surface area contributed by atoms with Gasteiger partial charge in [-0.1, -0.05) is 50.3 Å². The third kappa shape index (κ3) is 3.70. The lowest BCUT2D eigenvalue weighted by Gasteiger charge is -2.12. The number of amides is 1. The Hall–Kier alpha value is -2.87. The second kappa shape index (κ2) is 6.80. The van der Waals surface area contributed by atoms with Gasteiger partial charge in [0.1, 0.15) is 5.01 Å². The summed E-state index contributed by atoms with van der Waals surface area (Å²) in [6.45, 7) is 7.81. The minimum Gasteiger partial charge on any atom is -0.295 e. The van der Waals surface area contributed by atoms with Crippen molar-refractivity contribution in [2.24, 2.45) is 0 Å². The number of anilines is 1. The molecule has 7 nitrogen and oxygen atoms in total. The van der Waals surface area contributed by atoms with Crippen LogP contribution in [0.2, 0.25) is 0 Å². The van der Waals surface area contributed by atoms with Gasteiger partial charge in [0.15, 0.2) is 5.69 Å². The third-order valence-corrected chi connectivity index (χ3v) is 4.87. The summed E-state index contributed by atoms with van der Waals surface area (Å²) in [5.41, 5.74) is 0.622. The standard InChI is InChI=1S/C18H19N5O2S/c1-11-10-13(24)14(22-23(11)12-8-6-5-7-9-12)15(25)19-17-21-20-16(26-17)18(2,3)4/h5-10H,1-4H3,(H,19,21,25). The minimum absolute atomic E-state index is 0.164. The van der Waals surface area contributed by atoms with Gasteiger partial charge in [0.05, 0.1) is 5.69 Å². The lowest BCUT2D eigenvalue weighted by molar-refractivity contribution is 0.101. The fraction of sp³-hybridized carbons (Fsp3) is 0.278. The van der Waals surface area contributed by atoms with Crippen LogP contribution in [0.15, 0.2) is 41.2 Å². The Kier molecular flexibility index (Phi) is 4.69. The van der Waals surface area contributed by atoms with Crippen LogP contribution in [0.5, 0.6) is 0 Å². The van der Waals surface area contributed by atoms with Crippen molar-refractivity contribution in [1.82, 2.24) is 20.0 Å². The lowest BCUT2D eigenvalue weighted by atomic mass is 9.98. The van der Waals surface area contributed by atoms with Crippen molar-refractivity contribution >= 4 is 22.4 Å². The number of carbonyl (C=O) groups is 1. The number of hydrogen-bond acceptors (Lipinski definition) is 6. The van der Waals surface area contributed by atoms with Crippen molar-refractivity contribution < 1.29 is 4.79 Å². The van der Waals surface area contributed by atoms with E-state index in [1.165, 1.54) is 17.4 Å². The van der Waals surface area contributed by atoms with Crippen molar-refractivity contribution in [2.75, 3.05) is 5.32 Å². The molecule has 8 heteroatoms. The van der Waals surface area contributed by atoms with Gasteiger partial charge in [0, 0.05) is 17.2 Å². The normalized spacial score (nSPS) is 11.4. The topological polar surface area (TPSA) is 89.8 Å². The molecule has 1 N–H and O–H groups in total. The van der Waals surface area contributed by atoms with Gasteiger partial charge < -0.3 is 0 Å². The molecule has 2 heterocycles. The highest BCUT2D eigenvalue weighted by molar-refractivity contribution is 7.15. The van der Waals surface area contributed by atoms with Crippen LogP contribution >= 0.6 is 11.3 Å². The van der Waals surface area contributed by atoms with E-state index in [0.717, 1.165) is 10.7 Å². The molecule has 0 spiro atoms. The predicted molar refractivity (Wildman–Crippen MR) is 101 cm³/mol.